The quantitative estimate of drug-likeness (QED) is 0.211. The van der Waals surface area contributed by atoms with Crippen molar-refractivity contribution in [3.8, 4) is 0 Å². The number of benzene rings is 1. The number of aliphatic carboxylic acids is 1. The number of fused-ring (bicyclic) bond motifs is 7. The maximum absolute atomic E-state index is 14.3. The molecule has 56 heavy (non-hydrogen) atoms. The molecule has 0 radical (unpaired) electrons. The number of carbonyl (C=O) groups is 4. The number of carboxylic acid groups (broad SMARTS) is 1. The van der Waals surface area contributed by atoms with Crippen molar-refractivity contribution >= 4 is 23.6 Å². The highest BCUT2D eigenvalue weighted by atomic mass is 16.5. The van der Waals surface area contributed by atoms with Crippen LogP contribution in [0.2, 0.25) is 0 Å². The Morgan fingerprint density at radius 3 is 2.16 bits per heavy atom. The predicted molar refractivity (Wildman–Crippen MR) is 221 cm³/mol. The number of likely N-dealkylation sites (N-methyl/N-ethyl adjacent to an activating group) is 1. The molecule has 1 aromatic carbocycles. The molecule has 8 atom stereocenters. The van der Waals surface area contributed by atoms with Gasteiger partial charge in [-0.3, -0.25) is 19.2 Å². The second-order valence-corrected chi connectivity index (χ2v) is 21.4. The van der Waals surface area contributed by atoms with E-state index >= 15 is 0 Å². The van der Waals surface area contributed by atoms with Crippen LogP contribution < -0.4 is 0 Å². The number of nitrogens with zero attached hydrogens (tertiary/aromatic N) is 2. The molecular formula is C48H72N2O6. The van der Waals surface area contributed by atoms with Gasteiger partial charge in [0.2, 0.25) is 0 Å². The number of hydrogen-bond donors (Lipinski definition) is 1. The van der Waals surface area contributed by atoms with E-state index in [9.17, 15) is 24.3 Å². The summed E-state index contributed by atoms with van der Waals surface area (Å²) in [7, 11) is 4.10. The fourth-order valence-electron chi connectivity index (χ4n) is 13.6. The predicted octanol–water partition coefficient (Wildman–Crippen LogP) is 9.47. The number of carbonyl (C=O) groups excluding carboxylic acids is 3. The van der Waals surface area contributed by atoms with E-state index < -0.39 is 17.4 Å². The SMILES string of the molecule is CC(C)C1=C2C3CC[C@@H]4C5(C)CC[C@H](OC(=O)CC(C)(C)C(=O)O)C(C)(C)[C@@H]5CC[C@@]4(C)[C@]3(C)CC[C@@]2(CCN(CCN(C)C)C(=O)c2ccccc2)CC1=O. The average molecular weight is 773 g/mol. The van der Waals surface area contributed by atoms with Crippen molar-refractivity contribution in [1.29, 1.82) is 0 Å². The molecule has 0 heterocycles. The lowest BCUT2D eigenvalue weighted by molar-refractivity contribution is -0.233. The van der Waals surface area contributed by atoms with Gasteiger partial charge in [-0.2, -0.15) is 0 Å². The van der Waals surface area contributed by atoms with Crippen LogP contribution >= 0.6 is 0 Å². The van der Waals surface area contributed by atoms with Crippen molar-refractivity contribution in [1.82, 2.24) is 9.80 Å². The minimum absolute atomic E-state index is 0.0355. The van der Waals surface area contributed by atoms with Crippen LogP contribution in [0.1, 0.15) is 143 Å². The third-order valence-corrected chi connectivity index (χ3v) is 16.9. The summed E-state index contributed by atoms with van der Waals surface area (Å²) in [5.41, 5.74) is 1.85. The zero-order chi connectivity index (χ0) is 41.2. The summed E-state index contributed by atoms with van der Waals surface area (Å²) in [5, 5.41) is 9.64. The Labute approximate surface area is 337 Å². The third kappa shape index (κ3) is 7.00. The first-order valence-electron chi connectivity index (χ1n) is 21.7. The van der Waals surface area contributed by atoms with Crippen molar-refractivity contribution in [3.63, 3.8) is 0 Å². The zero-order valence-corrected chi connectivity index (χ0v) is 36.6. The molecule has 0 saturated heterocycles. The Balaban J connectivity index is 1.28. The van der Waals surface area contributed by atoms with E-state index in [2.05, 4.69) is 67.5 Å². The number of amides is 1. The zero-order valence-electron chi connectivity index (χ0n) is 36.6. The molecule has 1 aromatic rings. The van der Waals surface area contributed by atoms with Gasteiger partial charge in [0.25, 0.3) is 5.91 Å². The van der Waals surface area contributed by atoms with Crippen LogP contribution in [0, 0.1) is 56.2 Å². The molecule has 4 saturated carbocycles. The molecule has 8 heteroatoms. The molecule has 4 fully saturated rings. The monoisotopic (exact) mass is 773 g/mol. The molecule has 0 aliphatic heterocycles. The van der Waals surface area contributed by atoms with E-state index in [0.717, 1.165) is 69.9 Å². The van der Waals surface area contributed by atoms with Gasteiger partial charge in [-0.15, -0.1) is 0 Å². The molecule has 0 bridgehead atoms. The van der Waals surface area contributed by atoms with Crippen LogP contribution in [0.3, 0.4) is 0 Å². The van der Waals surface area contributed by atoms with Crippen molar-refractivity contribution in [2.75, 3.05) is 33.7 Å². The van der Waals surface area contributed by atoms with Crippen LogP contribution in [-0.2, 0) is 19.1 Å². The number of allylic oxidation sites excluding steroid dienone is 2. The van der Waals surface area contributed by atoms with Gasteiger partial charge in [0.15, 0.2) is 5.78 Å². The van der Waals surface area contributed by atoms with Crippen molar-refractivity contribution in [2.24, 2.45) is 56.2 Å². The van der Waals surface area contributed by atoms with E-state index in [0.29, 0.717) is 48.6 Å². The van der Waals surface area contributed by atoms with Gasteiger partial charge in [-0.05, 0) is 143 Å². The van der Waals surface area contributed by atoms with Crippen molar-refractivity contribution in [2.45, 2.75) is 139 Å². The second kappa shape index (κ2) is 15.0. The maximum Gasteiger partial charge on any atom is 0.309 e. The van der Waals surface area contributed by atoms with Gasteiger partial charge < -0.3 is 19.6 Å². The summed E-state index contributed by atoms with van der Waals surface area (Å²) in [6.07, 6.45) is 9.24. The highest BCUT2D eigenvalue weighted by Gasteiger charge is 2.70. The van der Waals surface area contributed by atoms with Crippen LogP contribution in [0.4, 0.5) is 0 Å². The first-order valence-corrected chi connectivity index (χ1v) is 21.7. The summed E-state index contributed by atoms with van der Waals surface area (Å²) in [4.78, 5) is 57.3. The van der Waals surface area contributed by atoms with Crippen LogP contribution in [0.25, 0.3) is 0 Å². The Morgan fingerprint density at radius 2 is 1.54 bits per heavy atom. The summed E-state index contributed by atoms with van der Waals surface area (Å²) < 4.78 is 6.20. The van der Waals surface area contributed by atoms with Crippen LogP contribution in [0.15, 0.2) is 41.5 Å². The molecular weight excluding hydrogens is 701 g/mol. The summed E-state index contributed by atoms with van der Waals surface area (Å²) in [5.74, 6) is 0.387. The first kappa shape index (κ1) is 42.6. The average Bonchev–Trinajstić information content (AvgIpc) is 3.41. The number of esters is 1. The van der Waals surface area contributed by atoms with Gasteiger partial charge in [0, 0.05) is 42.4 Å². The Bertz CT molecular complexity index is 1730. The first-order chi connectivity index (χ1) is 26.0. The minimum atomic E-state index is -1.16. The Kier molecular flexibility index (Phi) is 11.4. The van der Waals surface area contributed by atoms with Crippen LogP contribution in [0.5, 0.6) is 0 Å². The largest absolute Gasteiger partial charge is 0.481 e. The number of hydrogen-bond acceptors (Lipinski definition) is 6. The highest BCUT2D eigenvalue weighted by molar-refractivity contribution is 6.00. The Morgan fingerprint density at radius 1 is 0.857 bits per heavy atom. The Hall–Kier alpha value is -3.00. The third-order valence-electron chi connectivity index (χ3n) is 16.9. The number of ether oxygens (including phenoxy) is 1. The summed E-state index contributed by atoms with van der Waals surface area (Å²) in [6, 6.07) is 9.64. The van der Waals surface area contributed by atoms with Crippen molar-refractivity contribution < 1.29 is 29.0 Å². The van der Waals surface area contributed by atoms with Gasteiger partial charge in [0.05, 0.1) is 11.8 Å². The van der Waals surface area contributed by atoms with E-state index in [1.54, 1.807) is 13.8 Å². The maximum atomic E-state index is 14.3. The topological polar surface area (TPSA) is 104 Å². The lowest BCUT2D eigenvalue weighted by Gasteiger charge is -2.72. The van der Waals surface area contributed by atoms with Crippen LogP contribution in [-0.4, -0.2) is 78.4 Å². The fourth-order valence-corrected chi connectivity index (χ4v) is 13.6. The second-order valence-electron chi connectivity index (χ2n) is 21.4. The van der Waals surface area contributed by atoms with Gasteiger partial charge in [0.1, 0.15) is 6.10 Å². The smallest absolute Gasteiger partial charge is 0.309 e. The lowest BCUT2D eigenvalue weighted by atomic mass is 9.33. The number of rotatable bonds is 12. The standard InChI is InChI=1S/C48H72N2O6/c1-31(2)39-34(51)29-48(25-26-50(28-27-49(10)11)41(53)32-15-13-12-14-16-32)24-23-46(8)33(40(39)48)17-18-36-45(7)21-20-37(56-38(52)30-43(3,4)42(54)55)44(5,6)35(45)19-22-47(36,46)9/h12-16,31,33,35-37H,17-30H2,1-11H3,(H,54,55)/t33?,35-,36+,37-,45?,46+,47+,48+/m0/s1. The molecule has 5 aliphatic rings. The molecule has 0 spiro atoms. The number of Topliss-reactive ketones (excluding diaryl/α,β-unsaturated/α-hetero) is 1. The molecule has 0 aromatic heterocycles. The van der Waals surface area contributed by atoms with Crippen molar-refractivity contribution in [3.05, 3.63) is 47.0 Å². The van der Waals surface area contributed by atoms with Gasteiger partial charge in [-0.25, -0.2) is 0 Å². The molecule has 8 nitrogen and oxygen atoms in total. The van der Waals surface area contributed by atoms with E-state index in [4.69, 9.17) is 4.74 Å². The van der Waals surface area contributed by atoms with Gasteiger partial charge in [-0.1, -0.05) is 72.2 Å². The van der Waals surface area contributed by atoms with E-state index in [-0.39, 0.29) is 51.4 Å². The number of ketones is 1. The van der Waals surface area contributed by atoms with Gasteiger partial charge >= 0.3 is 11.9 Å². The molecule has 1 N–H and O–H groups in total. The molecule has 310 valence electrons. The normalized spacial score (nSPS) is 35.1. The minimum Gasteiger partial charge on any atom is -0.481 e. The molecule has 1 amide bonds. The summed E-state index contributed by atoms with van der Waals surface area (Å²) >= 11 is 0. The fraction of sp³-hybridized carbons (Fsp3) is 0.750. The highest BCUT2D eigenvalue weighted by Crippen LogP contribution is 2.77. The molecule has 2 unspecified atom stereocenters. The molecule has 6 rings (SSSR count). The van der Waals surface area contributed by atoms with E-state index in [1.165, 1.54) is 5.57 Å². The van der Waals surface area contributed by atoms with E-state index in [1.807, 2.05) is 35.2 Å². The molecule has 5 aliphatic carbocycles. The number of carboxylic acids is 1. The summed E-state index contributed by atoms with van der Waals surface area (Å²) in [6.45, 7) is 22.0. The lowest BCUT2D eigenvalue weighted by Crippen LogP contribution is -2.65.